The number of pyridine rings is 1. The molecule has 0 bridgehead atoms. The first-order chi connectivity index (χ1) is 12.0. The van der Waals surface area contributed by atoms with Gasteiger partial charge in [-0.15, -0.1) is 0 Å². The summed E-state index contributed by atoms with van der Waals surface area (Å²) >= 11 is 0. The molecule has 0 aliphatic carbocycles. The summed E-state index contributed by atoms with van der Waals surface area (Å²) in [4.78, 5) is 39.2. The molecule has 0 aliphatic rings. The van der Waals surface area contributed by atoms with Crippen molar-refractivity contribution in [3.8, 4) is 0 Å². The van der Waals surface area contributed by atoms with Gasteiger partial charge in [-0.25, -0.2) is 9.59 Å². The van der Waals surface area contributed by atoms with Gasteiger partial charge in [0, 0.05) is 24.7 Å². The summed E-state index contributed by atoms with van der Waals surface area (Å²) in [5, 5.41) is 0. The maximum Gasteiger partial charge on any atom is 0.339 e. The Bertz CT molecular complexity index is 750. The van der Waals surface area contributed by atoms with E-state index in [4.69, 9.17) is 4.74 Å². The standard InChI is InChI=1S/C19H19NO5/c1-3-25-19(23)14-6-4-13(5-7-14)10-17(21)11-16-9-8-15(12-20-16)18(22)24-2/h4-9,12H,3,10-11H2,1-2H3. The van der Waals surface area contributed by atoms with E-state index in [0.29, 0.717) is 23.4 Å². The van der Waals surface area contributed by atoms with Crippen molar-refractivity contribution in [3.05, 3.63) is 65.0 Å². The normalized spacial score (nSPS) is 10.2. The summed E-state index contributed by atoms with van der Waals surface area (Å²) < 4.78 is 9.51. The second kappa shape index (κ2) is 8.73. The first-order valence-electron chi connectivity index (χ1n) is 7.84. The third kappa shape index (κ3) is 5.24. The van der Waals surface area contributed by atoms with Crippen LogP contribution in [-0.4, -0.2) is 36.4 Å². The summed E-state index contributed by atoms with van der Waals surface area (Å²) in [5.41, 5.74) is 2.19. The van der Waals surface area contributed by atoms with E-state index in [1.165, 1.54) is 13.3 Å². The van der Waals surface area contributed by atoms with Crippen molar-refractivity contribution in [2.45, 2.75) is 19.8 Å². The van der Waals surface area contributed by atoms with Crippen LogP contribution in [0.15, 0.2) is 42.6 Å². The Morgan fingerprint density at radius 1 is 0.920 bits per heavy atom. The van der Waals surface area contributed by atoms with E-state index in [1.54, 1.807) is 43.3 Å². The van der Waals surface area contributed by atoms with Gasteiger partial charge < -0.3 is 9.47 Å². The van der Waals surface area contributed by atoms with Crippen LogP contribution in [0.1, 0.15) is 38.9 Å². The average Bonchev–Trinajstić information content (AvgIpc) is 2.62. The van der Waals surface area contributed by atoms with Gasteiger partial charge in [-0.05, 0) is 36.8 Å². The number of ketones is 1. The molecule has 1 aromatic heterocycles. The molecule has 0 saturated heterocycles. The van der Waals surface area contributed by atoms with Crippen LogP contribution in [0.4, 0.5) is 0 Å². The van der Waals surface area contributed by atoms with Crippen LogP contribution in [0.2, 0.25) is 0 Å². The lowest BCUT2D eigenvalue weighted by molar-refractivity contribution is -0.117. The minimum Gasteiger partial charge on any atom is -0.465 e. The lowest BCUT2D eigenvalue weighted by Crippen LogP contribution is -2.09. The van der Waals surface area contributed by atoms with Crippen molar-refractivity contribution < 1.29 is 23.9 Å². The molecule has 0 saturated carbocycles. The Labute approximate surface area is 145 Å². The first-order valence-corrected chi connectivity index (χ1v) is 7.84. The van der Waals surface area contributed by atoms with E-state index in [0.717, 1.165) is 5.56 Å². The molecule has 25 heavy (non-hydrogen) atoms. The Morgan fingerprint density at radius 3 is 2.16 bits per heavy atom. The number of nitrogens with zero attached hydrogens (tertiary/aromatic N) is 1. The van der Waals surface area contributed by atoms with Crippen LogP contribution in [0.3, 0.4) is 0 Å². The lowest BCUT2D eigenvalue weighted by Gasteiger charge is -2.05. The predicted molar refractivity (Wildman–Crippen MR) is 90.4 cm³/mol. The van der Waals surface area contributed by atoms with E-state index in [9.17, 15) is 14.4 Å². The van der Waals surface area contributed by atoms with Crippen molar-refractivity contribution in [3.63, 3.8) is 0 Å². The van der Waals surface area contributed by atoms with E-state index in [1.807, 2.05) is 0 Å². The Hall–Kier alpha value is -3.02. The van der Waals surface area contributed by atoms with E-state index in [-0.39, 0.29) is 24.6 Å². The molecule has 0 N–H and O–H groups in total. The Balaban J connectivity index is 1.93. The highest BCUT2D eigenvalue weighted by Gasteiger charge is 2.10. The van der Waals surface area contributed by atoms with Gasteiger partial charge in [0.05, 0.1) is 24.8 Å². The molecule has 0 fully saturated rings. The molecule has 0 spiro atoms. The molecule has 0 amide bonds. The number of esters is 2. The topological polar surface area (TPSA) is 82.6 Å². The average molecular weight is 341 g/mol. The van der Waals surface area contributed by atoms with Crippen LogP contribution in [0.5, 0.6) is 0 Å². The van der Waals surface area contributed by atoms with Crippen LogP contribution in [0, 0.1) is 0 Å². The van der Waals surface area contributed by atoms with Crippen LogP contribution >= 0.6 is 0 Å². The van der Waals surface area contributed by atoms with Gasteiger partial charge in [-0.2, -0.15) is 0 Å². The van der Waals surface area contributed by atoms with Gasteiger partial charge in [0.15, 0.2) is 0 Å². The molecule has 0 atom stereocenters. The number of Topliss-reactive ketones (excluding diaryl/α,β-unsaturated/α-hetero) is 1. The largest absolute Gasteiger partial charge is 0.465 e. The van der Waals surface area contributed by atoms with Gasteiger partial charge in [-0.1, -0.05) is 12.1 Å². The van der Waals surface area contributed by atoms with Crippen molar-refractivity contribution in [2.24, 2.45) is 0 Å². The predicted octanol–water partition coefficient (Wildman–Crippen LogP) is 2.40. The molecule has 0 unspecified atom stereocenters. The maximum absolute atomic E-state index is 12.2. The van der Waals surface area contributed by atoms with E-state index >= 15 is 0 Å². The third-order valence-electron chi connectivity index (χ3n) is 3.49. The lowest BCUT2D eigenvalue weighted by atomic mass is 10.0. The highest BCUT2D eigenvalue weighted by molar-refractivity contribution is 5.90. The molecule has 0 radical (unpaired) electrons. The third-order valence-corrected chi connectivity index (χ3v) is 3.49. The van der Waals surface area contributed by atoms with Crippen molar-refractivity contribution in [1.29, 1.82) is 0 Å². The SMILES string of the molecule is CCOC(=O)c1ccc(CC(=O)Cc2ccc(C(=O)OC)cn2)cc1. The molecule has 130 valence electrons. The monoisotopic (exact) mass is 341 g/mol. The van der Waals surface area contributed by atoms with E-state index in [2.05, 4.69) is 9.72 Å². The van der Waals surface area contributed by atoms with Gasteiger partial charge in [0.25, 0.3) is 0 Å². The van der Waals surface area contributed by atoms with Crippen LogP contribution in [0.25, 0.3) is 0 Å². The van der Waals surface area contributed by atoms with Gasteiger partial charge in [-0.3, -0.25) is 9.78 Å². The van der Waals surface area contributed by atoms with Crippen molar-refractivity contribution >= 4 is 17.7 Å². The quantitative estimate of drug-likeness (QED) is 0.719. The molecule has 1 heterocycles. The minimum atomic E-state index is -0.466. The second-order valence-electron chi connectivity index (χ2n) is 5.34. The maximum atomic E-state index is 12.2. The summed E-state index contributed by atoms with van der Waals surface area (Å²) in [6, 6.07) is 9.97. The number of aromatic nitrogens is 1. The second-order valence-corrected chi connectivity index (χ2v) is 5.34. The molecule has 6 nitrogen and oxygen atoms in total. The van der Waals surface area contributed by atoms with Crippen LogP contribution < -0.4 is 0 Å². The van der Waals surface area contributed by atoms with Crippen molar-refractivity contribution in [1.82, 2.24) is 4.98 Å². The number of ether oxygens (including phenoxy) is 2. The summed E-state index contributed by atoms with van der Waals surface area (Å²) in [7, 11) is 1.30. The van der Waals surface area contributed by atoms with Gasteiger partial charge in [0.1, 0.15) is 5.78 Å². The zero-order valence-corrected chi connectivity index (χ0v) is 14.2. The number of hydrogen-bond donors (Lipinski definition) is 0. The molecular weight excluding hydrogens is 322 g/mol. The fraction of sp³-hybridized carbons (Fsp3) is 0.263. The molecule has 1 aromatic carbocycles. The zero-order chi connectivity index (χ0) is 18.2. The summed E-state index contributed by atoms with van der Waals surface area (Å²) in [6.45, 7) is 2.07. The van der Waals surface area contributed by atoms with Gasteiger partial charge in [0.2, 0.25) is 0 Å². The Kier molecular flexibility index (Phi) is 6.39. The molecule has 6 heteroatoms. The fourth-order valence-electron chi connectivity index (χ4n) is 2.23. The summed E-state index contributed by atoms with van der Waals surface area (Å²) in [6.07, 6.45) is 1.80. The number of rotatable bonds is 7. The fourth-order valence-corrected chi connectivity index (χ4v) is 2.23. The number of carbonyl (C=O) groups excluding carboxylic acids is 3. The molecular formula is C19H19NO5. The van der Waals surface area contributed by atoms with E-state index < -0.39 is 5.97 Å². The Morgan fingerprint density at radius 2 is 1.60 bits per heavy atom. The highest BCUT2D eigenvalue weighted by atomic mass is 16.5. The smallest absolute Gasteiger partial charge is 0.339 e. The van der Waals surface area contributed by atoms with Crippen molar-refractivity contribution in [2.75, 3.05) is 13.7 Å². The number of carbonyl (C=O) groups is 3. The molecule has 2 rings (SSSR count). The minimum absolute atomic E-state index is 0.0118. The molecule has 2 aromatic rings. The van der Waals surface area contributed by atoms with Gasteiger partial charge >= 0.3 is 11.9 Å². The molecule has 0 aliphatic heterocycles. The highest BCUT2D eigenvalue weighted by Crippen LogP contribution is 2.09. The first kappa shape index (κ1) is 18.3. The number of benzene rings is 1. The zero-order valence-electron chi connectivity index (χ0n) is 14.2. The van der Waals surface area contributed by atoms with Crippen LogP contribution in [-0.2, 0) is 27.1 Å². The summed E-state index contributed by atoms with van der Waals surface area (Å²) in [5.74, 6) is -0.857. The number of methoxy groups -OCH3 is 1. The number of hydrogen-bond acceptors (Lipinski definition) is 6.